The Labute approximate surface area is 89.8 Å². The van der Waals surface area contributed by atoms with Crippen LogP contribution in [0.2, 0.25) is 0 Å². The number of aromatic nitrogens is 1. The fraction of sp³-hybridized carbons (Fsp3) is 0.727. The first-order chi connectivity index (χ1) is 6.79. The molecule has 2 rings (SSSR count). The maximum atomic E-state index is 4.67. The smallest absolute Gasteiger partial charge is 0.0928 e. The molecule has 78 valence electrons. The lowest BCUT2D eigenvalue weighted by atomic mass is 10.1. The molecule has 0 radical (unpaired) electrons. The van der Waals surface area contributed by atoms with E-state index in [1.807, 2.05) is 11.3 Å². The first kappa shape index (κ1) is 10.1. The third-order valence-corrected chi connectivity index (χ3v) is 4.00. The van der Waals surface area contributed by atoms with Gasteiger partial charge in [-0.2, -0.15) is 0 Å². The Morgan fingerprint density at radius 2 is 2.43 bits per heavy atom. The van der Waals surface area contributed by atoms with E-state index in [9.17, 15) is 0 Å². The van der Waals surface area contributed by atoms with Gasteiger partial charge in [-0.15, -0.1) is 11.3 Å². The molecule has 1 aliphatic heterocycles. The van der Waals surface area contributed by atoms with Gasteiger partial charge in [-0.1, -0.05) is 6.92 Å². The zero-order chi connectivity index (χ0) is 9.97. The minimum Gasteiger partial charge on any atom is -0.314 e. The second kappa shape index (κ2) is 4.41. The van der Waals surface area contributed by atoms with E-state index in [4.69, 9.17) is 0 Å². The van der Waals surface area contributed by atoms with Crippen LogP contribution in [-0.2, 0) is 12.8 Å². The van der Waals surface area contributed by atoms with E-state index in [-0.39, 0.29) is 0 Å². The summed E-state index contributed by atoms with van der Waals surface area (Å²) in [6.07, 6.45) is 4.85. The van der Waals surface area contributed by atoms with E-state index < -0.39 is 0 Å². The van der Waals surface area contributed by atoms with Gasteiger partial charge in [0.2, 0.25) is 0 Å². The van der Waals surface area contributed by atoms with Crippen molar-refractivity contribution in [1.82, 2.24) is 10.3 Å². The molecular formula is C11H18N2S. The highest BCUT2D eigenvalue weighted by Crippen LogP contribution is 2.21. The van der Waals surface area contributed by atoms with Gasteiger partial charge in [0, 0.05) is 17.3 Å². The molecule has 0 spiro atoms. The lowest BCUT2D eigenvalue weighted by Crippen LogP contribution is -2.24. The number of hydrogen-bond donors (Lipinski definition) is 1. The van der Waals surface area contributed by atoms with Gasteiger partial charge in [0.25, 0.3) is 0 Å². The van der Waals surface area contributed by atoms with Crippen LogP contribution in [0.3, 0.4) is 0 Å². The normalized spacial score (nSPS) is 21.7. The number of thiazole rings is 1. The standard InChI is InChI=1S/C11H18N2S/c1-3-11-13-10(8(2)14-11)7-9-5-4-6-12-9/h9,12H,3-7H2,1-2H3. The molecule has 2 heterocycles. The molecule has 14 heavy (non-hydrogen) atoms. The molecule has 3 heteroatoms. The Morgan fingerprint density at radius 3 is 3.00 bits per heavy atom. The average Bonchev–Trinajstić information content (AvgIpc) is 2.78. The SMILES string of the molecule is CCc1nc(CC2CCCN2)c(C)s1. The summed E-state index contributed by atoms with van der Waals surface area (Å²) < 4.78 is 0. The van der Waals surface area contributed by atoms with Crippen molar-refractivity contribution in [1.29, 1.82) is 0 Å². The fourth-order valence-electron chi connectivity index (χ4n) is 1.99. The maximum absolute atomic E-state index is 4.67. The molecule has 0 bridgehead atoms. The largest absolute Gasteiger partial charge is 0.314 e. The van der Waals surface area contributed by atoms with E-state index >= 15 is 0 Å². The summed E-state index contributed by atoms with van der Waals surface area (Å²) in [4.78, 5) is 6.08. The second-order valence-electron chi connectivity index (χ2n) is 3.96. The average molecular weight is 210 g/mol. The molecule has 1 atom stereocenters. The summed E-state index contributed by atoms with van der Waals surface area (Å²) in [6.45, 7) is 5.56. The van der Waals surface area contributed by atoms with E-state index in [1.54, 1.807) is 0 Å². The summed E-state index contributed by atoms with van der Waals surface area (Å²) in [5.41, 5.74) is 1.33. The lowest BCUT2D eigenvalue weighted by molar-refractivity contribution is 0.594. The maximum Gasteiger partial charge on any atom is 0.0928 e. The molecule has 1 aliphatic rings. The minimum atomic E-state index is 0.681. The van der Waals surface area contributed by atoms with E-state index in [0.29, 0.717) is 6.04 Å². The molecule has 0 amide bonds. The summed E-state index contributed by atoms with van der Waals surface area (Å²) in [6, 6.07) is 0.681. The van der Waals surface area contributed by atoms with Crippen LogP contribution in [0.5, 0.6) is 0 Å². The Kier molecular flexibility index (Phi) is 3.19. The molecule has 0 aromatic carbocycles. The first-order valence-corrected chi connectivity index (χ1v) is 6.29. The van der Waals surface area contributed by atoms with Gasteiger partial charge in [0.05, 0.1) is 10.7 Å². The first-order valence-electron chi connectivity index (χ1n) is 5.48. The summed E-state index contributed by atoms with van der Waals surface area (Å²) in [7, 11) is 0. The van der Waals surface area contributed by atoms with E-state index in [2.05, 4.69) is 24.1 Å². The lowest BCUT2D eigenvalue weighted by Gasteiger charge is -2.07. The van der Waals surface area contributed by atoms with Crippen LogP contribution < -0.4 is 5.32 Å². The number of nitrogens with one attached hydrogen (secondary N) is 1. The topological polar surface area (TPSA) is 24.9 Å². The van der Waals surface area contributed by atoms with Crippen molar-refractivity contribution < 1.29 is 0 Å². The van der Waals surface area contributed by atoms with Crippen molar-refractivity contribution in [2.45, 2.75) is 45.6 Å². The van der Waals surface area contributed by atoms with Crippen molar-refractivity contribution in [3.63, 3.8) is 0 Å². The summed E-state index contributed by atoms with van der Waals surface area (Å²) in [5.74, 6) is 0. The summed E-state index contributed by atoms with van der Waals surface area (Å²) in [5, 5.41) is 4.81. The zero-order valence-corrected chi connectivity index (χ0v) is 9.78. The van der Waals surface area contributed by atoms with Crippen LogP contribution in [-0.4, -0.2) is 17.6 Å². The molecule has 1 N–H and O–H groups in total. The molecule has 1 saturated heterocycles. The Balaban J connectivity index is 2.03. The van der Waals surface area contributed by atoms with Gasteiger partial charge in [-0.05, 0) is 32.7 Å². The van der Waals surface area contributed by atoms with Gasteiger partial charge in [0.1, 0.15) is 0 Å². The molecule has 1 aromatic rings. The fourth-order valence-corrected chi connectivity index (χ4v) is 2.89. The van der Waals surface area contributed by atoms with Gasteiger partial charge in [-0.3, -0.25) is 0 Å². The Bertz CT molecular complexity index is 300. The van der Waals surface area contributed by atoms with Crippen molar-refractivity contribution in [2.24, 2.45) is 0 Å². The second-order valence-corrected chi connectivity index (χ2v) is 5.25. The molecule has 1 fully saturated rings. The van der Waals surface area contributed by atoms with Crippen LogP contribution in [0.15, 0.2) is 0 Å². The molecule has 1 aromatic heterocycles. The van der Waals surface area contributed by atoms with Crippen molar-refractivity contribution in [3.8, 4) is 0 Å². The molecule has 2 nitrogen and oxygen atoms in total. The van der Waals surface area contributed by atoms with Crippen molar-refractivity contribution in [2.75, 3.05) is 6.54 Å². The van der Waals surface area contributed by atoms with Crippen molar-refractivity contribution >= 4 is 11.3 Å². The van der Waals surface area contributed by atoms with Crippen LogP contribution in [0.1, 0.15) is 35.3 Å². The number of hydrogen-bond acceptors (Lipinski definition) is 3. The van der Waals surface area contributed by atoms with Gasteiger partial charge >= 0.3 is 0 Å². The molecule has 0 aliphatic carbocycles. The number of rotatable bonds is 3. The Hall–Kier alpha value is -0.410. The highest BCUT2D eigenvalue weighted by Gasteiger charge is 2.17. The van der Waals surface area contributed by atoms with Crippen LogP contribution in [0.4, 0.5) is 0 Å². The molecule has 1 unspecified atom stereocenters. The number of aryl methyl sites for hydroxylation is 2. The van der Waals surface area contributed by atoms with Crippen LogP contribution in [0.25, 0.3) is 0 Å². The van der Waals surface area contributed by atoms with Gasteiger partial charge in [-0.25, -0.2) is 4.98 Å². The third kappa shape index (κ3) is 2.15. The molecule has 0 saturated carbocycles. The van der Waals surface area contributed by atoms with E-state index in [0.717, 1.165) is 12.8 Å². The van der Waals surface area contributed by atoms with Gasteiger partial charge in [0.15, 0.2) is 0 Å². The van der Waals surface area contributed by atoms with Crippen LogP contribution >= 0.6 is 11.3 Å². The van der Waals surface area contributed by atoms with Crippen molar-refractivity contribution in [3.05, 3.63) is 15.6 Å². The predicted octanol–water partition coefficient (Wildman–Crippen LogP) is 2.31. The molecular weight excluding hydrogens is 192 g/mol. The highest BCUT2D eigenvalue weighted by molar-refractivity contribution is 7.11. The predicted molar refractivity (Wildman–Crippen MR) is 61.0 cm³/mol. The monoisotopic (exact) mass is 210 g/mol. The van der Waals surface area contributed by atoms with E-state index in [1.165, 1.54) is 35.0 Å². The third-order valence-electron chi connectivity index (χ3n) is 2.84. The Morgan fingerprint density at radius 1 is 1.57 bits per heavy atom. The van der Waals surface area contributed by atoms with Crippen LogP contribution in [0, 0.1) is 6.92 Å². The quantitative estimate of drug-likeness (QED) is 0.828. The van der Waals surface area contributed by atoms with Gasteiger partial charge < -0.3 is 5.32 Å². The highest BCUT2D eigenvalue weighted by atomic mass is 32.1. The number of nitrogens with zero attached hydrogens (tertiary/aromatic N) is 1. The zero-order valence-electron chi connectivity index (χ0n) is 8.97. The summed E-state index contributed by atoms with van der Waals surface area (Å²) >= 11 is 1.86. The minimum absolute atomic E-state index is 0.681.